The fraction of sp³-hybridized carbons (Fsp3) is 0.190. The number of hydrogen-bond donors (Lipinski definition) is 2. The van der Waals surface area contributed by atoms with Gasteiger partial charge in [0.1, 0.15) is 11.6 Å². The zero-order valence-electron chi connectivity index (χ0n) is 16.0. The highest BCUT2D eigenvalue weighted by Gasteiger charge is 2.10. The third-order valence-corrected chi connectivity index (χ3v) is 3.68. The van der Waals surface area contributed by atoms with Crippen LogP contribution in [0.15, 0.2) is 48.5 Å². The van der Waals surface area contributed by atoms with Crippen LogP contribution in [0.3, 0.4) is 0 Å². The number of rotatable bonds is 8. The first kappa shape index (κ1) is 21.6. The predicted octanol–water partition coefficient (Wildman–Crippen LogP) is 2.45. The van der Waals surface area contributed by atoms with Crippen LogP contribution in [0.1, 0.15) is 11.1 Å². The van der Waals surface area contributed by atoms with Gasteiger partial charge in [0.15, 0.2) is 6.61 Å². The van der Waals surface area contributed by atoms with E-state index in [0.717, 1.165) is 11.6 Å². The summed E-state index contributed by atoms with van der Waals surface area (Å²) in [4.78, 5) is 35.3. The van der Waals surface area contributed by atoms with Crippen molar-refractivity contribution in [2.24, 2.45) is 0 Å². The Balaban J connectivity index is 1.74. The molecule has 2 aromatic rings. The second-order valence-electron chi connectivity index (χ2n) is 6.02. The van der Waals surface area contributed by atoms with E-state index >= 15 is 0 Å². The second kappa shape index (κ2) is 10.6. The van der Waals surface area contributed by atoms with Crippen LogP contribution in [-0.4, -0.2) is 38.0 Å². The van der Waals surface area contributed by atoms with Crippen molar-refractivity contribution >= 4 is 29.5 Å². The van der Waals surface area contributed by atoms with Crippen LogP contribution >= 0.6 is 0 Å². The Kier molecular flexibility index (Phi) is 7.90. The molecule has 0 aliphatic heterocycles. The highest BCUT2D eigenvalue weighted by Crippen LogP contribution is 2.24. The molecule has 152 valence electrons. The van der Waals surface area contributed by atoms with E-state index in [1.807, 2.05) is 13.0 Å². The fourth-order valence-electron chi connectivity index (χ4n) is 2.30. The van der Waals surface area contributed by atoms with Crippen molar-refractivity contribution in [3.63, 3.8) is 0 Å². The number of esters is 1. The Bertz CT molecular complexity index is 927. The van der Waals surface area contributed by atoms with Gasteiger partial charge in [-0.3, -0.25) is 9.59 Å². The zero-order chi connectivity index (χ0) is 21.2. The molecule has 2 aromatic carbocycles. The lowest BCUT2D eigenvalue weighted by Crippen LogP contribution is -2.35. The number of carbonyl (C=O) groups excluding carboxylic acids is 3. The second-order valence-corrected chi connectivity index (χ2v) is 6.02. The van der Waals surface area contributed by atoms with Gasteiger partial charge in [-0.25, -0.2) is 9.18 Å². The van der Waals surface area contributed by atoms with E-state index in [2.05, 4.69) is 10.6 Å². The third-order valence-electron chi connectivity index (χ3n) is 3.68. The Morgan fingerprint density at radius 3 is 2.62 bits per heavy atom. The molecule has 2 rings (SSSR count). The Morgan fingerprint density at radius 1 is 1.10 bits per heavy atom. The maximum atomic E-state index is 13.1. The first-order valence-corrected chi connectivity index (χ1v) is 8.69. The van der Waals surface area contributed by atoms with Crippen LogP contribution in [0.5, 0.6) is 5.75 Å². The van der Waals surface area contributed by atoms with E-state index in [1.165, 1.54) is 31.4 Å². The molecular weight excluding hydrogens is 379 g/mol. The summed E-state index contributed by atoms with van der Waals surface area (Å²) < 4.78 is 23.0. The minimum Gasteiger partial charge on any atom is -0.495 e. The van der Waals surface area contributed by atoms with Crippen LogP contribution in [0, 0.1) is 12.7 Å². The third kappa shape index (κ3) is 7.45. The van der Waals surface area contributed by atoms with Crippen molar-refractivity contribution in [3.8, 4) is 5.75 Å². The highest BCUT2D eigenvalue weighted by molar-refractivity contribution is 5.96. The van der Waals surface area contributed by atoms with Crippen LogP contribution in [0.4, 0.5) is 10.1 Å². The normalized spacial score (nSPS) is 10.4. The minimum absolute atomic E-state index is 0.299. The van der Waals surface area contributed by atoms with Gasteiger partial charge in [0.05, 0.1) is 19.3 Å². The van der Waals surface area contributed by atoms with Gasteiger partial charge in [0.25, 0.3) is 5.91 Å². The van der Waals surface area contributed by atoms with Crippen LogP contribution in [-0.2, 0) is 19.1 Å². The summed E-state index contributed by atoms with van der Waals surface area (Å²) >= 11 is 0. The van der Waals surface area contributed by atoms with Crippen molar-refractivity contribution in [2.75, 3.05) is 25.6 Å². The SMILES string of the molecule is COc1ccc(C)cc1NC(=O)CNC(=O)COC(=O)/C=C/c1cccc(F)c1. The molecule has 0 unspecified atom stereocenters. The van der Waals surface area contributed by atoms with Gasteiger partial charge in [-0.2, -0.15) is 0 Å². The number of amides is 2. The number of carbonyl (C=O) groups is 3. The molecule has 0 saturated carbocycles. The molecule has 0 aromatic heterocycles. The van der Waals surface area contributed by atoms with E-state index in [1.54, 1.807) is 18.2 Å². The molecule has 0 saturated heterocycles. The van der Waals surface area contributed by atoms with Gasteiger partial charge < -0.3 is 20.1 Å². The summed E-state index contributed by atoms with van der Waals surface area (Å²) in [5.74, 6) is -1.79. The molecule has 8 heteroatoms. The van der Waals surface area contributed by atoms with Gasteiger partial charge in [0, 0.05) is 6.08 Å². The van der Waals surface area contributed by atoms with E-state index in [-0.39, 0.29) is 6.54 Å². The molecule has 0 bridgehead atoms. The maximum absolute atomic E-state index is 13.1. The number of methoxy groups -OCH3 is 1. The lowest BCUT2D eigenvalue weighted by atomic mass is 10.2. The Labute approximate surface area is 167 Å². The number of nitrogens with one attached hydrogen (secondary N) is 2. The molecule has 7 nitrogen and oxygen atoms in total. The summed E-state index contributed by atoms with van der Waals surface area (Å²) in [6.45, 7) is 1.02. The molecule has 0 spiro atoms. The Morgan fingerprint density at radius 2 is 1.90 bits per heavy atom. The maximum Gasteiger partial charge on any atom is 0.331 e. The first-order chi connectivity index (χ1) is 13.9. The van der Waals surface area contributed by atoms with Gasteiger partial charge in [0.2, 0.25) is 5.91 Å². The first-order valence-electron chi connectivity index (χ1n) is 8.69. The highest BCUT2D eigenvalue weighted by atomic mass is 19.1. The summed E-state index contributed by atoms with van der Waals surface area (Å²) in [5, 5.41) is 4.99. The number of hydrogen-bond acceptors (Lipinski definition) is 5. The summed E-state index contributed by atoms with van der Waals surface area (Å²) in [7, 11) is 1.49. The summed E-state index contributed by atoms with van der Waals surface area (Å²) in [5.41, 5.74) is 1.90. The van der Waals surface area contributed by atoms with E-state index in [4.69, 9.17) is 9.47 Å². The van der Waals surface area contributed by atoms with Gasteiger partial charge in [-0.15, -0.1) is 0 Å². The van der Waals surface area contributed by atoms with E-state index in [0.29, 0.717) is 17.0 Å². The topological polar surface area (TPSA) is 93.7 Å². The lowest BCUT2D eigenvalue weighted by molar-refractivity contribution is -0.143. The van der Waals surface area contributed by atoms with Crippen molar-refractivity contribution in [2.45, 2.75) is 6.92 Å². The molecule has 0 radical (unpaired) electrons. The van der Waals surface area contributed by atoms with Gasteiger partial charge in [-0.05, 0) is 48.4 Å². The monoisotopic (exact) mass is 400 g/mol. The van der Waals surface area contributed by atoms with Crippen molar-refractivity contribution in [1.82, 2.24) is 5.32 Å². The summed E-state index contributed by atoms with van der Waals surface area (Å²) in [6, 6.07) is 11.0. The molecule has 0 aliphatic carbocycles. The van der Waals surface area contributed by atoms with E-state index < -0.39 is 30.2 Å². The van der Waals surface area contributed by atoms with Crippen LogP contribution in [0.25, 0.3) is 6.08 Å². The average Bonchev–Trinajstić information content (AvgIpc) is 2.69. The standard InChI is InChI=1S/C21H21FN2O5/c1-14-6-8-18(28-2)17(10-14)24-19(25)12-23-20(26)13-29-21(27)9-7-15-4-3-5-16(22)11-15/h3-11H,12-13H2,1-2H3,(H,23,26)(H,24,25)/b9-7+. The number of halogens is 1. The molecule has 0 fully saturated rings. The number of aryl methyl sites for hydroxylation is 1. The van der Waals surface area contributed by atoms with Crippen LogP contribution in [0.2, 0.25) is 0 Å². The molecule has 2 N–H and O–H groups in total. The molecule has 2 amide bonds. The molecule has 29 heavy (non-hydrogen) atoms. The molecule has 0 aliphatic rings. The zero-order valence-corrected chi connectivity index (χ0v) is 16.0. The van der Waals surface area contributed by atoms with E-state index in [9.17, 15) is 18.8 Å². The number of anilines is 1. The smallest absolute Gasteiger partial charge is 0.331 e. The minimum atomic E-state index is -0.765. The van der Waals surface area contributed by atoms with Gasteiger partial charge >= 0.3 is 5.97 Å². The lowest BCUT2D eigenvalue weighted by Gasteiger charge is -2.11. The molecule has 0 heterocycles. The molecular formula is C21H21FN2O5. The van der Waals surface area contributed by atoms with Crippen molar-refractivity contribution < 1.29 is 28.2 Å². The van der Waals surface area contributed by atoms with Gasteiger partial charge in [-0.1, -0.05) is 18.2 Å². The largest absolute Gasteiger partial charge is 0.495 e. The quantitative estimate of drug-likeness (QED) is 0.524. The Hall–Kier alpha value is -3.68. The predicted molar refractivity (Wildman–Crippen MR) is 106 cm³/mol. The van der Waals surface area contributed by atoms with Crippen molar-refractivity contribution in [3.05, 3.63) is 65.5 Å². The van der Waals surface area contributed by atoms with Crippen LogP contribution < -0.4 is 15.4 Å². The average molecular weight is 400 g/mol. The fourth-order valence-corrected chi connectivity index (χ4v) is 2.30. The molecule has 0 atom stereocenters. The van der Waals surface area contributed by atoms with Crippen molar-refractivity contribution in [1.29, 1.82) is 0 Å². The summed E-state index contributed by atoms with van der Waals surface area (Å²) in [6.07, 6.45) is 2.45. The number of ether oxygens (including phenoxy) is 2. The number of benzene rings is 2.